The molecule has 2 aromatic carbocycles. The minimum Gasteiger partial charge on any atom is -0.351 e. The van der Waals surface area contributed by atoms with Gasteiger partial charge >= 0.3 is 0 Å². The zero-order valence-electron chi connectivity index (χ0n) is 23.3. The lowest BCUT2D eigenvalue weighted by atomic mass is 9.96. The van der Waals surface area contributed by atoms with Gasteiger partial charge in [-0.3, -0.25) is 15.1 Å². The summed E-state index contributed by atoms with van der Waals surface area (Å²) in [5.41, 5.74) is 6.43. The van der Waals surface area contributed by atoms with E-state index in [9.17, 15) is 10.1 Å². The number of thiocarbonyl (C=S) groups is 1. The third-order valence-electron chi connectivity index (χ3n) is 7.42. The first-order valence-corrected chi connectivity index (χ1v) is 14.7. The summed E-state index contributed by atoms with van der Waals surface area (Å²) < 4.78 is 2.20. The van der Waals surface area contributed by atoms with E-state index >= 15 is 0 Å². The van der Waals surface area contributed by atoms with Gasteiger partial charge in [-0.2, -0.15) is 0 Å². The molecule has 0 bridgehead atoms. The number of nitrogens with one attached hydrogen (secondary N) is 1. The molecule has 6 rings (SSSR count). The Hall–Kier alpha value is -4.54. The van der Waals surface area contributed by atoms with Gasteiger partial charge in [0.25, 0.3) is 5.69 Å². The highest BCUT2D eigenvalue weighted by Gasteiger charge is 2.42. The molecule has 0 spiro atoms. The number of pyridine rings is 2. The predicted octanol–water partition coefficient (Wildman–Crippen LogP) is 7.43. The Kier molecular flexibility index (Phi) is 7.49. The third-order valence-corrected chi connectivity index (χ3v) is 8.75. The van der Waals surface area contributed by atoms with E-state index in [2.05, 4.69) is 76.9 Å². The van der Waals surface area contributed by atoms with Gasteiger partial charge in [-0.05, 0) is 111 Å². The van der Waals surface area contributed by atoms with Crippen LogP contribution in [0.4, 0.5) is 11.4 Å². The first-order valence-electron chi connectivity index (χ1n) is 13.4. The summed E-state index contributed by atoms with van der Waals surface area (Å²) in [6.07, 6.45) is 3.65. The van der Waals surface area contributed by atoms with Crippen molar-refractivity contribution in [1.29, 1.82) is 0 Å². The van der Waals surface area contributed by atoms with Crippen molar-refractivity contribution in [2.45, 2.75) is 42.6 Å². The highest BCUT2D eigenvalue weighted by Crippen LogP contribution is 2.44. The van der Waals surface area contributed by atoms with E-state index in [4.69, 9.17) is 17.2 Å². The van der Waals surface area contributed by atoms with Gasteiger partial charge < -0.3 is 14.8 Å². The first-order chi connectivity index (χ1) is 20.3. The van der Waals surface area contributed by atoms with Crippen molar-refractivity contribution >= 4 is 40.5 Å². The van der Waals surface area contributed by atoms with Crippen molar-refractivity contribution in [3.8, 4) is 5.82 Å². The number of aromatic nitrogens is 3. The molecular weight excluding hydrogens is 565 g/mol. The topological polar surface area (TPSA) is 89.1 Å². The molecule has 5 aromatic rings. The highest BCUT2D eigenvalue weighted by atomic mass is 32.2. The normalized spacial score (nSPS) is 16.5. The molecule has 10 heteroatoms. The maximum absolute atomic E-state index is 11.0. The molecule has 1 N–H and O–H groups in total. The average Bonchev–Trinajstić information content (AvgIpc) is 3.48. The van der Waals surface area contributed by atoms with Crippen LogP contribution in [0.3, 0.4) is 0 Å². The second-order valence-corrected chi connectivity index (χ2v) is 11.7. The lowest BCUT2D eigenvalue weighted by Crippen LogP contribution is -2.29. The molecular formula is C32H28N6O2S2. The van der Waals surface area contributed by atoms with E-state index in [0.717, 1.165) is 49.5 Å². The summed E-state index contributed by atoms with van der Waals surface area (Å²) in [5.74, 6) is 0.887. The molecule has 1 aliphatic rings. The van der Waals surface area contributed by atoms with Gasteiger partial charge in [-0.1, -0.05) is 17.8 Å². The quantitative estimate of drug-likeness (QED) is 0.119. The maximum atomic E-state index is 11.0. The summed E-state index contributed by atoms with van der Waals surface area (Å²) >= 11 is 7.50. The van der Waals surface area contributed by atoms with Crippen LogP contribution >= 0.6 is 24.0 Å². The van der Waals surface area contributed by atoms with Crippen LogP contribution in [0.2, 0.25) is 0 Å². The zero-order chi connectivity index (χ0) is 29.4. The molecule has 4 heterocycles. The molecule has 8 nitrogen and oxygen atoms in total. The largest absolute Gasteiger partial charge is 0.351 e. The molecule has 2 atom stereocenters. The van der Waals surface area contributed by atoms with Gasteiger partial charge in [-0.15, -0.1) is 0 Å². The molecule has 1 saturated heterocycles. The Morgan fingerprint density at radius 3 is 2.26 bits per heavy atom. The lowest BCUT2D eigenvalue weighted by molar-refractivity contribution is -0.384. The summed E-state index contributed by atoms with van der Waals surface area (Å²) in [6, 6.07) is 26.8. The second kappa shape index (κ2) is 11.4. The number of rotatable bonds is 7. The maximum Gasteiger partial charge on any atom is 0.269 e. The van der Waals surface area contributed by atoms with Crippen LogP contribution < -0.4 is 10.2 Å². The number of benzene rings is 2. The molecule has 3 aromatic heterocycles. The smallest absolute Gasteiger partial charge is 0.269 e. The predicted molar refractivity (Wildman–Crippen MR) is 169 cm³/mol. The molecule has 0 radical (unpaired) electrons. The molecule has 1 aliphatic heterocycles. The van der Waals surface area contributed by atoms with Crippen molar-refractivity contribution in [3.63, 3.8) is 0 Å². The van der Waals surface area contributed by atoms with Crippen LogP contribution in [0.25, 0.3) is 5.82 Å². The Bertz CT molecular complexity index is 1770. The zero-order valence-corrected chi connectivity index (χ0v) is 24.9. The number of nitro groups is 1. The van der Waals surface area contributed by atoms with Gasteiger partial charge in [0.1, 0.15) is 5.82 Å². The van der Waals surface area contributed by atoms with E-state index in [1.807, 2.05) is 36.7 Å². The lowest BCUT2D eigenvalue weighted by Gasteiger charge is -2.28. The number of aryl methyl sites for hydroxylation is 2. The molecule has 1 fully saturated rings. The van der Waals surface area contributed by atoms with Crippen molar-refractivity contribution in [2.24, 2.45) is 0 Å². The minimum absolute atomic E-state index is 0.0794. The Morgan fingerprint density at radius 1 is 0.905 bits per heavy atom. The van der Waals surface area contributed by atoms with Crippen LogP contribution in [-0.4, -0.2) is 24.6 Å². The van der Waals surface area contributed by atoms with Crippen LogP contribution in [-0.2, 0) is 0 Å². The Morgan fingerprint density at radius 2 is 1.62 bits per heavy atom. The third kappa shape index (κ3) is 5.26. The molecule has 0 amide bonds. The van der Waals surface area contributed by atoms with E-state index < -0.39 is 0 Å². The fraction of sp³-hybridized carbons (Fsp3) is 0.156. The Balaban J connectivity index is 1.37. The minimum atomic E-state index is -0.389. The van der Waals surface area contributed by atoms with Crippen molar-refractivity contribution in [1.82, 2.24) is 19.9 Å². The summed E-state index contributed by atoms with van der Waals surface area (Å²) in [4.78, 5) is 24.1. The standard InChI is InChI=1S/C32H28N6O2S2/c1-20-15-17-34-29(18-20)36-21(2)19-27(22(36)3)31-30(28-6-4-5-16-33-28)35-32(41)37(31)23-7-11-25(12-8-23)42-26-13-9-24(10-14-26)38(39)40/h4-19,30-31H,1-3H3,(H,35,41). The van der Waals surface area contributed by atoms with Crippen LogP contribution in [0.1, 0.15) is 40.3 Å². The number of nitro benzene ring substituents is 1. The fourth-order valence-electron chi connectivity index (χ4n) is 5.48. The SMILES string of the molecule is Cc1ccnc(-n2c(C)cc(C3C(c4ccccn4)NC(=S)N3c3ccc(Sc4ccc([N+](=O)[O-])cc4)cc3)c2C)c1. The fourth-order valence-corrected chi connectivity index (χ4v) is 6.64. The molecule has 210 valence electrons. The van der Waals surface area contributed by atoms with Crippen molar-refractivity contribution < 1.29 is 4.92 Å². The first kappa shape index (κ1) is 27.6. The number of hydrogen-bond donors (Lipinski definition) is 1. The van der Waals surface area contributed by atoms with Crippen LogP contribution in [0.15, 0.2) is 107 Å². The van der Waals surface area contributed by atoms with Crippen molar-refractivity contribution in [2.75, 3.05) is 4.90 Å². The monoisotopic (exact) mass is 592 g/mol. The van der Waals surface area contributed by atoms with Crippen LogP contribution in [0.5, 0.6) is 0 Å². The van der Waals surface area contributed by atoms with E-state index in [-0.39, 0.29) is 22.7 Å². The molecule has 42 heavy (non-hydrogen) atoms. The van der Waals surface area contributed by atoms with E-state index in [1.54, 1.807) is 23.9 Å². The molecule has 0 aliphatic carbocycles. The van der Waals surface area contributed by atoms with Gasteiger partial charge in [0.15, 0.2) is 5.11 Å². The number of nitrogens with zero attached hydrogens (tertiary/aromatic N) is 5. The van der Waals surface area contributed by atoms with Crippen molar-refractivity contribution in [3.05, 3.63) is 136 Å². The van der Waals surface area contributed by atoms with Gasteiger partial charge in [0, 0.05) is 51.4 Å². The Labute approximate surface area is 253 Å². The second-order valence-electron chi connectivity index (χ2n) is 10.2. The number of non-ortho nitro benzene ring substituents is 1. The molecule has 2 unspecified atom stereocenters. The van der Waals surface area contributed by atoms with E-state index in [0.29, 0.717) is 5.11 Å². The highest BCUT2D eigenvalue weighted by molar-refractivity contribution is 7.99. The van der Waals surface area contributed by atoms with E-state index in [1.165, 1.54) is 12.1 Å². The number of hydrogen-bond acceptors (Lipinski definition) is 6. The summed E-state index contributed by atoms with van der Waals surface area (Å²) in [6.45, 7) is 6.30. The van der Waals surface area contributed by atoms with Gasteiger partial charge in [0.2, 0.25) is 0 Å². The van der Waals surface area contributed by atoms with Gasteiger partial charge in [-0.25, -0.2) is 4.98 Å². The number of anilines is 1. The summed E-state index contributed by atoms with van der Waals surface area (Å²) in [7, 11) is 0. The average molecular weight is 593 g/mol. The summed E-state index contributed by atoms with van der Waals surface area (Å²) in [5, 5.41) is 15.2. The molecule has 0 saturated carbocycles. The van der Waals surface area contributed by atoms with Gasteiger partial charge in [0.05, 0.1) is 22.7 Å². The van der Waals surface area contributed by atoms with Crippen LogP contribution in [0, 0.1) is 30.9 Å².